The quantitative estimate of drug-likeness (QED) is 0.650. The summed E-state index contributed by atoms with van der Waals surface area (Å²) >= 11 is 1.13. The molecule has 1 fully saturated rings. The van der Waals surface area contributed by atoms with Crippen molar-refractivity contribution in [2.75, 3.05) is 5.75 Å². The Labute approximate surface area is 133 Å². The van der Waals surface area contributed by atoms with Crippen LogP contribution in [0.3, 0.4) is 0 Å². The van der Waals surface area contributed by atoms with E-state index in [-0.39, 0.29) is 17.7 Å². The van der Waals surface area contributed by atoms with E-state index in [2.05, 4.69) is 22.2 Å². The van der Waals surface area contributed by atoms with E-state index < -0.39 is 5.69 Å². The Morgan fingerprint density at radius 1 is 1.45 bits per heavy atom. The Hall–Kier alpha value is -1.81. The van der Waals surface area contributed by atoms with Crippen LogP contribution in [0.1, 0.15) is 43.9 Å². The van der Waals surface area contributed by atoms with Gasteiger partial charge < -0.3 is 10.3 Å². The number of rotatable bonds is 4. The number of thioether (sulfide) groups is 1. The molecule has 7 heteroatoms. The summed E-state index contributed by atoms with van der Waals surface area (Å²) in [7, 11) is 0. The molecule has 0 saturated heterocycles. The topological polar surface area (TPSA) is 98.6 Å². The molecule has 1 aliphatic carbocycles. The van der Waals surface area contributed by atoms with Gasteiger partial charge in [-0.25, -0.2) is 4.79 Å². The molecule has 1 heterocycles. The molecule has 0 radical (unpaired) electrons. The predicted octanol–water partition coefficient (Wildman–Crippen LogP) is 1.74. The zero-order valence-electron chi connectivity index (χ0n) is 12.8. The standard InChI is InChI=1S/C15H20N4O2S/c1-9-3-5-11(6-4-9)18-13(20)8-22-14-12(7-16)10(2)17-15(21)19-14/h9,11H,3-6,8H2,1-2H3,(H,18,20)(H,17,19,21). The summed E-state index contributed by atoms with van der Waals surface area (Å²) in [6, 6.07) is 2.26. The van der Waals surface area contributed by atoms with Crippen LogP contribution >= 0.6 is 11.8 Å². The van der Waals surface area contributed by atoms with Crippen LogP contribution in [0.4, 0.5) is 0 Å². The molecule has 0 unspecified atom stereocenters. The molecule has 1 saturated carbocycles. The molecule has 22 heavy (non-hydrogen) atoms. The molecule has 118 valence electrons. The molecule has 1 aromatic rings. The smallest absolute Gasteiger partial charge is 0.346 e. The van der Waals surface area contributed by atoms with E-state index in [1.165, 1.54) is 0 Å². The molecule has 0 atom stereocenters. The molecule has 1 aromatic heterocycles. The normalized spacial score (nSPS) is 21.1. The average molecular weight is 320 g/mol. The maximum Gasteiger partial charge on any atom is 0.346 e. The first-order chi connectivity index (χ1) is 10.5. The van der Waals surface area contributed by atoms with Gasteiger partial charge in [0.2, 0.25) is 5.91 Å². The summed E-state index contributed by atoms with van der Waals surface area (Å²) in [6.07, 6.45) is 4.32. The minimum absolute atomic E-state index is 0.0758. The van der Waals surface area contributed by atoms with Crippen LogP contribution in [0.2, 0.25) is 0 Å². The van der Waals surface area contributed by atoms with Gasteiger partial charge in [-0.05, 0) is 38.5 Å². The molecule has 0 aliphatic heterocycles. The van der Waals surface area contributed by atoms with E-state index in [1.54, 1.807) is 6.92 Å². The summed E-state index contributed by atoms with van der Waals surface area (Å²) in [5.74, 6) is 0.827. The third kappa shape index (κ3) is 4.34. The van der Waals surface area contributed by atoms with Crippen LogP contribution in [0, 0.1) is 24.2 Å². The number of nitrogens with one attached hydrogen (secondary N) is 2. The van der Waals surface area contributed by atoms with E-state index in [4.69, 9.17) is 5.26 Å². The highest BCUT2D eigenvalue weighted by Gasteiger charge is 2.20. The van der Waals surface area contributed by atoms with Crippen molar-refractivity contribution in [3.63, 3.8) is 0 Å². The lowest BCUT2D eigenvalue weighted by atomic mass is 9.87. The number of aromatic amines is 1. The fraction of sp³-hybridized carbons (Fsp3) is 0.600. The third-order valence-electron chi connectivity index (χ3n) is 3.92. The number of aromatic nitrogens is 2. The fourth-order valence-corrected chi connectivity index (χ4v) is 3.44. The number of H-pyrrole nitrogens is 1. The largest absolute Gasteiger partial charge is 0.353 e. The van der Waals surface area contributed by atoms with Crippen molar-refractivity contribution in [1.82, 2.24) is 15.3 Å². The molecule has 2 N–H and O–H groups in total. The van der Waals surface area contributed by atoms with Crippen LogP contribution in [-0.4, -0.2) is 27.7 Å². The Morgan fingerprint density at radius 3 is 2.77 bits per heavy atom. The Balaban J connectivity index is 1.92. The van der Waals surface area contributed by atoms with Gasteiger partial charge in [0.05, 0.1) is 5.75 Å². The predicted molar refractivity (Wildman–Crippen MR) is 84.6 cm³/mol. The van der Waals surface area contributed by atoms with E-state index in [0.717, 1.165) is 43.4 Å². The molecule has 1 aliphatic rings. The lowest BCUT2D eigenvalue weighted by molar-refractivity contribution is -0.119. The van der Waals surface area contributed by atoms with Crippen molar-refractivity contribution in [1.29, 1.82) is 5.26 Å². The first-order valence-electron chi connectivity index (χ1n) is 7.42. The number of aryl methyl sites for hydroxylation is 1. The summed E-state index contributed by atoms with van der Waals surface area (Å²) in [6.45, 7) is 3.88. The van der Waals surface area contributed by atoms with Gasteiger partial charge in [-0.15, -0.1) is 0 Å². The summed E-state index contributed by atoms with van der Waals surface area (Å²) < 4.78 is 0. The van der Waals surface area contributed by atoms with Crippen molar-refractivity contribution in [3.8, 4) is 6.07 Å². The number of amides is 1. The Bertz CT molecular complexity index is 642. The molecule has 1 amide bonds. The molecular weight excluding hydrogens is 300 g/mol. The lowest BCUT2D eigenvalue weighted by Gasteiger charge is -2.26. The number of carbonyl (C=O) groups is 1. The highest BCUT2D eigenvalue weighted by molar-refractivity contribution is 8.00. The number of hydrogen-bond acceptors (Lipinski definition) is 5. The number of nitriles is 1. The van der Waals surface area contributed by atoms with Gasteiger partial charge in [-0.1, -0.05) is 18.7 Å². The average Bonchev–Trinajstić information content (AvgIpc) is 2.47. The first kappa shape index (κ1) is 16.6. The second-order valence-electron chi connectivity index (χ2n) is 5.77. The monoisotopic (exact) mass is 320 g/mol. The minimum Gasteiger partial charge on any atom is -0.353 e. The Kier molecular flexibility index (Phi) is 5.61. The van der Waals surface area contributed by atoms with Crippen molar-refractivity contribution >= 4 is 17.7 Å². The SMILES string of the molecule is Cc1[nH]c(=O)nc(SCC(=O)NC2CCC(C)CC2)c1C#N. The van der Waals surface area contributed by atoms with E-state index in [9.17, 15) is 9.59 Å². The van der Waals surface area contributed by atoms with E-state index in [1.807, 2.05) is 6.07 Å². The zero-order chi connectivity index (χ0) is 16.1. The molecule has 2 rings (SSSR count). The summed E-state index contributed by atoms with van der Waals surface area (Å²) in [4.78, 5) is 29.7. The highest BCUT2D eigenvalue weighted by atomic mass is 32.2. The van der Waals surface area contributed by atoms with Gasteiger partial charge in [0.15, 0.2) is 0 Å². The van der Waals surface area contributed by atoms with E-state index >= 15 is 0 Å². The minimum atomic E-state index is -0.499. The second kappa shape index (κ2) is 7.45. The maximum atomic E-state index is 12.0. The molecule has 0 aromatic carbocycles. The van der Waals surface area contributed by atoms with Gasteiger partial charge in [0, 0.05) is 11.7 Å². The second-order valence-corrected chi connectivity index (χ2v) is 6.74. The number of nitrogens with zero attached hydrogens (tertiary/aromatic N) is 2. The van der Waals surface area contributed by atoms with Crippen molar-refractivity contribution in [2.45, 2.75) is 50.6 Å². The van der Waals surface area contributed by atoms with E-state index in [0.29, 0.717) is 16.3 Å². The summed E-state index contributed by atoms with van der Waals surface area (Å²) in [5, 5.41) is 12.5. The molecule has 0 bridgehead atoms. The van der Waals surface area contributed by atoms with Gasteiger partial charge in [0.1, 0.15) is 16.7 Å². The summed E-state index contributed by atoms with van der Waals surface area (Å²) in [5.41, 5.74) is 0.302. The highest BCUT2D eigenvalue weighted by Crippen LogP contribution is 2.24. The van der Waals surface area contributed by atoms with Gasteiger partial charge in [0.25, 0.3) is 0 Å². The van der Waals surface area contributed by atoms with Crippen LogP contribution in [0.5, 0.6) is 0 Å². The first-order valence-corrected chi connectivity index (χ1v) is 8.41. The molecule has 0 spiro atoms. The van der Waals surface area contributed by atoms with Gasteiger partial charge in [-0.2, -0.15) is 10.2 Å². The maximum absolute atomic E-state index is 12.0. The lowest BCUT2D eigenvalue weighted by Crippen LogP contribution is -2.38. The van der Waals surface area contributed by atoms with Crippen LogP contribution < -0.4 is 11.0 Å². The number of hydrogen-bond donors (Lipinski definition) is 2. The van der Waals surface area contributed by atoms with Crippen molar-refractivity contribution in [2.24, 2.45) is 5.92 Å². The van der Waals surface area contributed by atoms with Gasteiger partial charge >= 0.3 is 5.69 Å². The van der Waals surface area contributed by atoms with Crippen molar-refractivity contribution in [3.05, 3.63) is 21.7 Å². The van der Waals surface area contributed by atoms with Crippen LogP contribution in [-0.2, 0) is 4.79 Å². The molecular formula is C15H20N4O2S. The third-order valence-corrected chi connectivity index (χ3v) is 4.89. The molecule has 6 nitrogen and oxygen atoms in total. The zero-order valence-corrected chi connectivity index (χ0v) is 13.6. The number of carbonyl (C=O) groups excluding carboxylic acids is 1. The van der Waals surface area contributed by atoms with Crippen LogP contribution in [0.15, 0.2) is 9.82 Å². The van der Waals surface area contributed by atoms with Gasteiger partial charge in [-0.3, -0.25) is 4.79 Å². The fourth-order valence-electron chi connectivity index (χ4n) is 2.60. The van der Waals surface area contributed by atoms with Crippen LogP contribution in [0.25, 0.3) is 0 Å². The Morgan fingerprint density at radius 2 is 2.14 bits per heavy atom. The van der Waals surface area contributed by atoms with Crippen molar-refractivity contribution < 1.29 is 4.79 Å².